The minimum Gasteiger partial charge on any atom is -0.459 e. The lowest BCUT2D eigenvalue weighted by Gasteiger charge is -2.47. The van der Waals surface area contributed by atoms with Gasteiger partial charge in [0, 0.05) is 5.75 Å². The molecule has 1 fully saturated rings. The maximum absolute atomic E-state index is 14.3. The van der Waals surface area contributed by atoms with Crippen molar-refractivity contribution in [1.29, 1.82) is 0 Å². The van der Waals surface area contributed by atoms with Crippen molar-refractivity contribution in [3.8, 4) is 0 Å². The third kappa shape index (κ3) is 7.57. The van der Waals surface area contributed by atoms with Gasteiger partial charge < -0.3 is 18.9 Å². The highest BCUT2D eigenvalue weighted by atomic mass is 35.5. The van der Waals surface area contributed by atoms with Crippen LogP contribution < -0.4 is 0 Å². The number of halogens is 4. The van der Waals surface area contributed by atoms with Crippen LogP contribution in [0.2, 0.25) is 20.1 Å². The minimum absolute atomic E-state index is 0.0538. The van der Waals surface area contributed by atoms with Gasteiger partial charge >= 0.3 is 17.9 Å². The number of rotatable bonds is 10. The molecule has 2 amide bonds. The van der Waals surface area contributed by atoms with Crippen LogP contribution in [-0.2, 0) is 29.7 Å². The maximum atomic E-state index is 14.3. The zero-order valence-electron chi connectivity index (χ0n) is 27.4. The smallest absolute Gasteiger partial charge is 0.338 e. The molecule has 2 heterocycles. The first-order valence-electron chi connectivity index (χ1n) is 15.9. The standard InChI is InChI=1S/C37H27Cl4NO10S/c1-2-53(48)37-29(42-32(43)23-24(33(42)44)26(39)28(41)27(40)25(23)38)31(52-36(47)21-16-10-5-11-17-21)30(51-35(46)20-14-8-4-9-15-20)22(50-37)18-49-34(45)19-12-6-3-7-13-19/h3-17,22,29-31,37H,2,18H2,1H3/t22-,29-,30-,31-,37+,53+/m1/s1. The van der Waals surface area contributed by atoms with Gasteiger partial charge in [-0.15, -0.1) is 0 Å². The van der Waals surface area contributed by atoms with E-state index in [-0.39, 0.29) is 42.5 Å². The average molecular weight is 819 g/mol. The molecule has 0 radical (unpaired) electrons. The van der Waals surface area contributed by atoms with Crippen molar-refractivity contribution in [2.45, 2.75) is 36.7 Å². The second-order valence-corrected chi connectivity index (χ2v) is 14.9. The highest BCUT2D eigenvalue weighted by Crippen LogP contribution is 2.47. The molecule has 6 rings (SSSR count). The molecule has 0 saturated carbocycles. The number of carbonyl (C=O) groups excluding carboxylic acids is 5. The molecule has 0 aromatic heterocycles. The van der Waals surface area contributed by atoms with Crippen LogP contribution in [0.4, 0.5) is 0 Å². The van der Waals surface area contributed by atoms with Crippen molar-refractivity contribution in [2.24, 2.45) is 0 Å². The Hall–Kier alpha value is -4.30. The lowest BCUT2D eigenvalue weighted by Crippen LogP contribution is -2.68. The molecule has 0 bridgehead atoms. The topological polar surface area (TPSA) is 143 Å². The van der Waals surface area contributed by atoms with E-state index in [1.807, 2.05) is 0 Å². The van der Waals surface area contributed by atoms with Crippen LogP contribution in [-0.4, -0.2) is 81.0 Å². The van der Waals surface area contributed by atoms with Crippen LogP contribution in [0.1, 0.15) is 58.7 Å². The first-order valence-corrected chi connectivity index (χ1v) is 18.8. The van der Waals surface area contributed by atoms with Crippen molar-refractivity contribution in [1.82, 2.24) is 4.90 Å². The van der Waals surface area contributed by atoms with E-state index in [0.717, 1.165) is 0 Å². The summed E-state index contributed by atoms with van der Waals surface area (Å²) in [6.45, 7) is 0.956. The van der Waals surface area contributed by atoms with E-state index in [2.05, 4.69) is 0 Å². The fraction of sp³-hybridized carbons (Fsp3) is 0.216. The summed E-state index contributed by atoms with van der Waals surface area (Å²) < 4.78 is 37.9. The molecule has 0 spiro atoms. The summed E-state index contributed by atoms with van der Waals surface area (Å²) in [6.07, 6.45) is -4.92. The van der Waals surface area contributed by atoms with Crippen LogP contribution in [0.3, 0.4) is 0 Å². The largest absolute Gasteiger partial charge is 0.459 e. The van der Waals surface area contributed by atoms with Crippen molar-refractivity contribution in [2.75, 3.05) is 12.4 Å². The number of esters is 3. The number of hydrogen-bond acceptors (Lipinski definition) is 10. The third-order valence-corrected chi connectivity index (χ3v) is 11.8. The number of fused-ring (bicyclic) bond motifs is 1. The highest BCUT2D eigenvalue weighted by molar-refractivity contribution is 7.85. The summed E-state index contributed by atoms with van der Waals surface area (Å²) >= 11 is 25.4. The van der Waals surface area contributed by atoms with Gasteiger partial charge in [0.05, 0.1) is 58.7 Å². The molecule has 0 N–H and O–H groups in total. The number of carbonyl (C=O) groups is 5. The second-order valence-electron chi connectivity index (χ2n) is 11.6. The van der Waals surface area contributed by atoms with Gasteiger partial charge in [0.1, 0.15) is 18.8 Å². The third-order valence-electron chi connectivity index (χ3n) is 8.48. The van der Waals surface area contributed by atoms with Gasteiger partial charge in [0.25, 0.3) is 11.8 Å². The minimum atomic E-state index is -2.03. The average Bonchev–Trinajstić information content (AvgIpc) is 3.45. The quantitative estimate of drug-likeness (QED) is 0.0537. The first-order chi connectivity index (χ1) is 25.4. The molecule has 2 aliphatic heterocycles. The molecule has 1 saturated heterocycles. The number of benzene rings is 4. The molecule has 16 heteroatoms. The van der Waals surface area contributed by atoms with Crippen LogP contribution in [0.15, 0.2) is 91.0 Å². The van der Waals surface area contributed by atoms with Gasteiger partial charge in [-0.25, -0.2) is 14.4 Å². The van der Waals surface area contributed by atoms with Gasteiger partial charge in [0.15, 0.2) is 17.6 Å². The van der Waals surface area contributed by atoms with Crippen molar-refractivity contribution in [3.63, 3.8) is 0 Å². The predicted octanol–water partition coefficient (Wildman–Crippen LogP) is 7.07. The van der Waals surface area contributed by atoms with E-state index < -0.39 is 88.0 Å². The van der Waals surface area contributed by atoms with Gasteiger partial charge in [-0.1, -0.05) is 108 Å². The van der Waals surface area contributed by atoms with E-state index in [1.165, 1.54) is 36.4 Å². The fourth-order valence-electron chi connectivity index (χ4n) is 5.94. The summed E-state index contributed by atoms with van der Waals surface area (Å²) in [5.41, 5.74) is -2.08. The van der Waals surface area contributed by atoms with E-state index in [4.69, 9.17) is 65.4 Å². The molecule has 11 nitrogen and oxygen atoms in total. The normalized spacial score (nSPS) is 21.5. The number of hydrogen-bond donors (Lipinski definition) is 0. The molecular weight excluding hydrogens is 792 g/mol. The molecule has 4 aromatic carbocycles. The lowest BCUT2D eigenvalue weighted by atomic mass is 9.95. The molecule has 2 aliphatic rings. The highest BCUT2D eigenvalue weighted by Gasteiger charge is 2.59. The van der Waals surface area contributed by atoms with E-state index >= 15 is 0 Å². The molecular formula is C37H27Cl4NO10S. The first kappa shape index (κ1) is 38.4. The second kappa shape index (κ2) is 16.4. The Balaban J connectivity index is 1.50. The zero-order chi connectivity index (χ0) is 38.0. The zero-order valence-corrected chi connectivity index (χ0v) is 31.3. The Kier molecular flexibility index (Phi) is 11.9. The number of imide groups is 1. The Morgan fingerprint density at radius 1 is 0.660 bits per heavy atom. The molecule has 4 aromatic rings. The van der Waals surface area contributed by atoms with Crippen LogP contribution in [0.5, 0.6) is 0 Å². The van der Waals surface area contributed by atoms with Gasteiger partial charge in [-0.05, 0) is 36.4 Å². The van der Waals surface area contributed by atoms with Crippen LogP contribution in [0.25, 0.3) is 0 Å². The molecule has 274 valence electrons. The SMILES string of the molecule is CC[S@](=O)[C@@H]1O[C@H](COC(=O)c2ccccc2)[C@@H](OC(=O)c2ccccc2)[C@H](OC(=O)c2ccccc2)[C@H]1N1C(=O)c2c(Cl)c(Cl)c(Cl)c(Cl)c2C1=O. The molecule has 0 unspecified atom stereocenters. The Labute approximate surface area is 325 Å². The van der Waals surface area contributed by atoms with Gasteiger partial charge in [0.2, 0.25) is 0 Å². The van der Waals surface area contributed by atoms with E-state index in [0.29, 0.717) is 4.90 Å². The molecule has 0 aliphatic carbocycles. The van der Waals surface area contributed by atoms with E-state index in [1.54, 1.807) is 61.5 Å². The number of ether oxygens (including phenoxy) is 4. The molecule has 6 atom stereocenters. The predicted molar refractivity (Wildman–Crippen MR) is 196 cm³/mol. The van der Waals surface area contributed by atoms with Crippen molar-refractivity contribution >= 4 is 86.9 Å². The Bertz CT molecular complexity index is 2060. The Morgan fingerprint density at radius 3 is 1.51 bits per heavy atom. The van der Waals surface area contributed by atoms with Gasteiger partial charge in [-0.3, -0.25) is 18.7 Å². The Morgan fingerprint density at radius 2 is 1.08 bits per heavy atom. The van der Waals surface area contributed by atoms with E-state index in [9.17, 15) is 28.2 Å². The number of amides is 2. The number of nitrogens with zero attached hydrogens (tertiary/aromatic N) is 1. The summed E-state index contributed by atoms with van der Waals surface area (Å²) in [5.74, 6) is -4.82. The summed E-state index contributed by atoms with van der Waals surface area (Å²) in [6, 6.07) is 21.8. The van der Waals surface area contributed by atoms with Crippen molar-refractivity contribution in [3.05, 3.63) is 139 Å². The monoisotopic (exact) mass is 817 g/mol. The lowest BCUT2D eigenvalue weighted by molar-refractivity contribution is -0.185. The van der Waals surface area contributed by atoms with Crippen LogP contribution >= 0.6 is 46.4 Å². The summed E-state index contributed by atoms with van der Waals surface area (Å²) in [4.78, 5) is 69.8. The fourth-order valence-corrected chi connectivity index (χ4v) is 8.14. The van der Waals surface area contributed by atoms with Gasteiger partial charge in [-0.2, -0.15) is 0 Å². The summed E-state index contributed by atoms with van der Waals surface area (Å²) in [7, 11) is -2.03. The summed E-state index contributed by atoms with van der Waals surface area (Å²) in [5, 5.41) is -1.35. The van der Waals surface area contributed by atoms with Crippen molar-refractivity contribution < 1.29 is 47.1 Å². The molecule has 53 heavy (non-hydrogen) atoms. The maximum Gasteiger partial charge on any atom is 0.338 e. The van der Waals surface area contributed by atoms with Crippen LogP contribution in [0, 0.1) is 0 Å².